The van der Waals surface area contributed by atoms with Crippen molar-refractivity contribution in [2.75, 3.05) is 17.6 Å². The lowest BCUT2D eigenvalue weighted by molar-refractivity contribution is 0.274. The van der Waals surface area contributed by atoms with Crippen LogP contribution in [0, 0.1) is 11.3 Å². The second-order valence-electron chi connectivity index (χ2n) is 5.98. The Morgan fingerprint density at radius 3 is 2.32 bits per heavy atom. The Kier molecular flexibility index (Phi) is 4.47. The van der Waals surface area contributed by atoms with E-state index in [4.69, 9.17) is 10.9 Å². The van der Waals surface area contributed by atoms with E-state index in [1.807, 2.05) is 0 Å². The van der Waals surface area contributed by atoms with Gasteiger partial charge in [-0.05, 0) is 29.5 Å². The molecule has 5 N–H and O–H groups in total. The van der Waals surface area contributed by atoms with E-state index in [1.165, 1.54) is 12.1 Å². The van der Waals surface area contributed by atoms with E-state index < -0.39 is 10.0 Å². The monoisotopic (exact) mass is 285 g/mol. The fourth-order valence-electron chi connectivity index (χ4n) is 1.47. The van der Waals surface area contributed by atoms with Gasteiger partial charge in [0.15, 0.2) is 0 Å². The molecule has 1 aromatic rings. The summed E-state index contributed by atoms with van der Waals surface area (Å²) in [7, 11) is -3.73. The summed E-state index contributed by atoms with van der Waals surface area (Å²) in [6, 6.07) is 4.55. The van der Waals surface area contributed by atoms with Crippen molar-refractivity contribution in [3.63, 3.8) is 0 Å². The minimum absolute atomic E-state index is 0.0263. The lowest BCUT2D eigenvalue weighted by atomic mass is 9.82. The largest absolute Gasteiger partial charge is 0.399 e. The van der Waals surface area contributed by atoms with Gasteiger partial charge >= 0.3 is 0 Å². The van der Waals surface area contributed by atoms with Gasteiger partial charge in [0.2, 0.25) is 10.0 Å². The highest BCUT2D eigenvalue weighted by Crippen LogP contribution is 2.26. The van der Waals surface area contributed by atoms with Gasteiger partial charge in [-0.15, -0.1) is 0 Å². The van der Waals surface area contributed by atoms with Crippen molar-refractivity contribution in [2.45, 2.75) is 32.6 Å². The van der Waals surface area contributed by atoms with Crippen LogP contribution in [0.1, 0.15) is 27.7 Å². The van der Waals surface area contributed by atoms with E-state index in [9.17, 15) is 8.42 Å². The molecule has 0 aromatic heterocycles. The zero-order chi connectivity index (χ0) is 14.8. The minimum atomic E-state index is -3.73. The third-order valence-electron chi connectivity index (χ3n) is 3.35. The highest BCUT2D eigenvalue weighted by molar-refractivity contribution is 7.89. The lowest BCUT2D eigenvalue weighted by Crippen LogP contribution is -2.25. The third-order valence-corrected chi connectivity index (χ3v) is 4.24. The van der Waals surface area contributed by atoms with Crippen molar-refractivity contribution in [3.05, 3.63) is 18.2 Å². The molecule has 6 heteroatoms. The highest BCUT2D eigenvalue weighted by Gasteiger charge is 2.19. The smallest absolute Gasteiger partial charge is 0.238 e. The van der Waals surface area contributed by atoms with E-state index in [0.717, 1.165) is 6.54 Å². The van der Waals surface area contributed by atoms with Gasteiger partial charge in [0.05, 0.1) is 4.90 Å². The molecular weight excluding hydrogens is 262 g/mol. The van der Waals surface area contributed by atoms with E-state index in [0.29, 0.717) is 17.3 Å². The third kappa shape index (κ3) is 4.72. The van der Waals surface area contributed by atoms with E-state index in [2.05, 4.69) is 33.0 Å². The van der Waals surface area contributed by atoms with Crippen LogP contribution in [-0.4, -0.2) is 15.0 Å². The predicted octanol–water partition coefficient (Wildman–Crippen LogP) is 2.01. The van der Waals surface area contributed by atoms with Gasteiger partial charge in [0.25, 0.3) is 0 Å². The van der Waals surface area contributed by atoms with Gasteiger partial charge < -0.3 is 11.1 Å². The lowest BCUT2D eigenvalue weighted by Gasteiger charge is -2.27. The minimum Gasteiger partial charge on any atom is -0.399 e. The summed E-state index contributed by atoms with van der Waals surface area (Å²) in [5.74, 6) is 0.423. The molecule has 1 rings (SSSR count). The second kappa shape index (κ2) is 5.38. The van der Waals surface area contributed by atoms with E-state index in [-0.39, 0.29) is 10.3 Å². The summed E-state index contributed by atoms with van der Waals surface area (Å²) in [4.78, 5) is 0.0263. The molecule has 0 heterocycles. The van der Waals surface area contributed by atoms with Crippen molar-refractivity contribution in [3.8, 4) is 0 Å². The standard InChI is InChI=1S/C13H23N3O2S/c1-9(13(2,3)4)8-16-11-5-10(14)6-12(7-11)19(15,17)18/h5-7,9,16H,8,14H2,1-4H3,(H2,15,17,18). The molecule has 0 saturated carbocycles. The molecule has 0 spiro atoms. The number of benzene rings is 1. The molecule has 1 aromatic carbocycles. The van der Waals surface area contributed by atoms with Crippen LogP contribution in [0.4, 0.5) is 11.4 Å². The molecule has 0 bridgehead atoms. The number of primary sulfonamides is 1. The number of hydrogen-bond acceptors (Lipinski definition) is 4. The molecule has 0 aliphatic rings. The van der Waals surface area contributed by atoms with Crippen molar-refractivity contribution in [2.24, 2.45) is 16.5 Å². The van der Waals surface area contributed by atoms with Crippen LogP contribution in [-0.2, 0) is 10.0 Å². The summed E-state index contributed by atoms with van der Waals surface area (Å²) < 4.78 is 22.7. The zero-order valence-corrected chi connectivity index (χ0v) is 12.7. The summed E-state index contributed by atoms with van der Waals surface area (Å²) in [6.07, 6.45) is 0. The molecule has 0 fully saturated rings. The molecule has 0 aliphatic heterocycles. The fraction of sp³-hybridized carbons (Fsp3) is 0.538. The molecule has 1 atom stereocenters. The van der Waals surface area contributed by atoms with Gasteiger partial charge in [-0.2, -0.15) is 0 Å². The number of rotatable bonds is 4. The van der Waals surface area contributed by atoms with Crippen LogP contribution >= 0.6 is 0 Å². The summed E-state index contributed by atoms with van der Waals surface area (Å²) in [6.45, 7) is 9.36. The maximum Gasteiger partial charge on any atom is 0.238 e. The molecular formula is C13H23N3O2S. The zero-order valence-electron chi connectivity index (χ0n) is 11.9. The topological polar surface area (TPSA) is 98.2 Å². The van der Waals surface area contributed by atoms with Crippen molar-refractivity contribution in [1.29, 1.82) is 0 Å². The Labute approximate surface area is 115 Å². The maximum absolute atomic E-state index is 11.3. The highest BCUT2D eigenvalue weighted by atomic mass is 32.2. The first kappa shape index (κ1) is 15.8. The number of hydrogen-bond donors (Lipinski definition) is 3. The molecule has 19 heavy (non-hydrogen) atoms. The van der Waals surface area contributed by atoms with Gasteiger partial charge in [-0.1, -0.05) is 27.7 Å². The van der Waals surface area contributed by atoms with Gasteiger partial charge in [0.1, 0.15) is 0 Å². The normalized spacial score (nSPS) is 14.2. The molecule has 5 nitrogen and oxygen atoms in total. The number of nitrogens with one attached hydrogen (secondary N) is 1. The molecule has 0 radical (unpaired) electrons. The Balaban J connectivity index is 2.89. The average molecular weight is 285 g/mol. The van der Waals surface area contributed by atoms with Crippen molar-refractivity contribution in [1.82, 2.24) is 0 Å². The van der Waals surface area contributed by atoms with Gasteiger partial charge in [-0.3, -0.25) is 0 Å². The maximum atomic E-state index is 11.3. The Morgan fingerprint density at radius 2 is 1.84 bits per heavy atom. The SMILES string of the molecule is CC(CNc1cc(N)cc(S(N)(=O)=O)c1)C(C)(C)C. The molecule has 1 unspecified atom stereocenters. The first-order valence-corrected chi connectivity index (χ1v) is 7.72. The van der Waals surface area contributed by atoms with Crippen LogP contribution < -0.4 is 16.2 Å². The second-order valence-corrected chi connectivity index (χ2v) is 7.55. The summed E-state index contributed by atoms with van der Waals surface area (Å²) in [5, 5.41) is 8.31. The fourth-order valence-corrected chi connectivity index (χ4v) is 2.06. The van der Waals surface area contributed by atoms with E-state index in [1.54, 1.807) is 6.07 Å². The number of sulfonamides is 1. The van der Waals surface area contributed by atoms with Crippen LogP contribution in [0.25, 0.3) is 0 Å². The predicted molar refractivity (Wildman–Crippen MR) is 79.3 cm³/mol. The molecule has 0 amide bonds. The number of anilines is 2. The van der Waals surface area contributed by atoms with Crippen LogP contribution in [0.2, 0.25) is 0 Å². The van der Waals surface area contributed by atoms with Crippen molar-refractivity contribution >= 4 is 21.4 Å². The number of nitrogens with two attached hydrogens (primary N) is 2. The van der Waals surface area contributed by atoms with Crippen LogP contribution in [0.15, 0.2) is 23.1 Å². The Morgan fingerprint density at radius 1 is 1.26 bits per heavy atom. The van der Waals surface area contributed by atoms with Gasteiger partial charge in [0, 0.05) is 17.9 Å². The van der Waals surface area contributed by atoms with E-state index >= 15 is 0 Å². The molecule has 108 valence electrons. The van der Waals surface area contributed by atoms with Gasteiger partial charge in [-0.25, -0.2) is 13.6 Å². The van der Waals surface area contributed by atoms with Crippen LogP contribution in [0.5, 0.6) is 0 Å². The summed E-state index contributed by atoms with van der Waals surface area (Å²) in [5.41, 5.74) is 6.90. The summed E-state index contributed by atoms with van der Waals surface area (Å²) >= 11 is 0. The van der Waals surface area contributed by atoms with Crippen molar-refractivity contribution < 1.29 is 8.42 Å². The quantitative estimate of drug-likeness (QED) is 0.737. The first-order valence-electron chi connectivity index (χ1n) is 6.17. The Bertz CT molecular complexity index is 547. The average Bonchev–Trinajstić information content (AvgIpc) is 2.22. The molecule has 0 aliphatic carbocycles. The number of nitrogen functional groups attached to an aromatic ring is 1. The molecule has 0 saturated heterocycles. The van der Waals surface area contributed by atoms with Crippen LogP contribution in [0.3, 0.4) is 0 Å². The Hall–Kier alpha value is -1.27. The first-order chi connectivity index (χ1) is 8.50.